The summed E-state index contributed by atoms with van der Waals surface area (Å²) >= 11 is 0. The van der Waals surface area contributed by atoms with Crippen LogP contribution in [0.1, 0.15) is 12.7 Å². The van der Waals surface area contributed by atoms with Crippen LogP contribution in [0.15, 0.2) is 33.9 Å². The third-order valence-corrected chi connectivity index (χ3v) is 5.95. The molecule has 1 aliphatic heterocycles. The molecule has 33 heavy (non-hydrogen) atoms. The van der Waals surface area contributed by atoms with Gasteiger partial charge in [0, 0.05) is 46.0 Å². The molecule has 10 nitrogen and oxygen atoms in total. The smallest absolute Gasteiger partial charge is 0.332 e. The molecule has 0 radical (unpaired) electrons. The lowest BCUT2D eigenvalue weighted by atomic mass is 10.2. The number of carbonyl (C=O) groups excluding carboxylic acids is 1. The second-order valence-electron chi connectivity index (χ2n) is 8.04. The lowest BCUT2D eigenvalue weighted by Gasteiger charge is -2.35. The van der Waals surface area contributed by atoms with Crippen LogP contribution < -0.4 is 16.1 Å². The van der Waals surface area contributed by atoms with E-state index in [1.807, 2.05) is 0 Å². The summed E-state index contributed by atoms with van der Waals surface area (Å²) in [5.74, 6) is -0.222. The van der Waals surface area contributed by atoms with Gasteiger partial charge in [-0.25, -0.2) is 14.2 Å². The molecule has 2 aromatic heterocycles. The molecule has 0 spiro atoms. The molecule has 3 aromatic rings. The number of hydrogen-bond donors (Lipinski definition) is 0. The molecule has 176 valence electrons. The van der Waals surface area contributed by atoms with Crippen LogP contribution in [0, 0.1) is 5.82 Å². The number of nitrogens with zero attached hydrogens (tertiary/aromatic N) is 6. The zero-order valence-corrected chi connectivity index (χ0v) is 19.0. The fourth-order valence-electron chi connectivity index (χ4n) is 4.13. The maximum absolute atomic E-state index is 13.2. The monoisotopic (exact) mass is 458 g/mol. The standard InChI is InChI=1S/C22H27FN6O4/c1-4-33-18(30)14-29-17(24-20-19(29)21(31)26(3)22(32)25(20)2)13-27-9-11-28(12-10-27)16-7-5-15(23)6-8-16/h5-8H,4,9-14H2,1-3H3. The number of carbonyl (C=O) groups is 1. The largest absolute Gasteiger partial charge is 0.465 e. The fourth-order valence-corrected chi connectivity index (χ4v) is 4.13. The maximum Gasteiger partial charge on any atom is 0.332 e. The van der Waals surface area contributed by atoms with Crippen molar-refractivity contribution in [1.29, 1.82) is 0 Å². The first-order valence-corrected chi connectivity index (χ1v) is 10.8. The number of rotatable bonds is 6. The number of esters is 1. The topological polar surface area (TPSA) is 94.6 Å². The van der Waals surface area contributed by atoms with Gasteiger partial charge < -0.3 is 14.2 Å². The van der Waals surface area contributed by atoms with Gasteiger partial charge in [-0.1, -0.05) is 0 Å². The van der Waals surface area contributed by atoms with Gasteiger partial charge in [-0.2, -0.15) is 0 Å². The first-order chi connectivity index (χ1) is 15.8. The first-order valence-electron chi connectivity index (χ1n) is 10.8. The average Bonchev–Trinajstić information content (AvgIpc) is 3.15. The Bertz CT molecular complexity index is 1290. The Labute approximate surface area is 189 Å². The van der Waals surface area contributed by atoms with Crippen LogP contribution in [-0.4, -0.2) is 62.3 Å². The van der Waals surface area contributed by atoms with Crippen LogP contribution >= 0.6 is 0 Å². The highest BCUT2D eigenvalue weighted by Gasteiger charge is 2.24. The fraction of sp³-hybridized carbons (Fsp3) is 0.455. The molecule has 0 unspecified atom stereocenters. The minimum absolute atomic E-state index is 0.164. The number of benzene rings is 1. The SMILES string of the molecule is CCOC(=O)Cn1c(CN2CCN(c3ccc(F)cc3)CC2)nc2c1c(=O)n(C)c(=O)n2C. The Morgan fingerprint density at radius 3 is 2.36 bits per heavy atom. The summed E-state index contributed by atoms with van der Waals surface area (Å²) in [6, 6.07) is 6.43. The molecule has 0 amide bonds. The number of fused-ring (bicyclic) bond motifs is 1. The van der Waals surface area contributed by atoms with Gasteiger partial charge in [0.2, 0.25) is 0 Å². The molecule has 1 aromatic carbocycles. The van der Waals surface area contributed by atoms with Gasteiger partial charge in [0.25, 0.3) is 5.56 Å². The summed E-state index contributed by atoms with van der Waals surface area (Å²) < 4.78 is 22.2. The molecule has 0 atom stereocenters. The lowest BCUT2D eigenvalue weighted by molar-refractivity contribution is -0.143. The van der Waals surface area contributed by atoms with Gasteiger partial charge in [-0.05, 0) is 31.2 Å². The van der Waals surface area contributed by atoms with Crippen molar-refractivity contribution in [3.8, 4) is 0 Å². The summed E-state index contributed by atoms with van der Waals surface area (Å²) in [5, 5.41) is 0. The second-order valence-corrected chi connectivity index (χ2v) is 8.04. The van der Waals surface area contributed by atoms with Crippen molar-refractivity contribution in [1.82, 2.24) is 23.6 Å². The van der Waals surface area contributed by atoms with E-state index in [4.69, 9.17) is 4.74 Å². The second kappa shape index (κ2) is 9.18. The van der Waals surface area contributed by atoms with Crippen molar-refractivity contribution in [2.24, 2.45) is 14.1 Å². The summed E-state index contributed by atoms with van der Waals surface area (Å²) in [4.78, 5) is 46.5. The number of anilines is 1. The molecular weight excluding hydrogens is 431 g/mol. The Morgan fingerprint density at radius 1 is 1.06 bits per heavy atom. The van der Waals surface area contributed by atoms with E-state index in [1.54, 1.807) is 30.7 Å². The quantitative estimate of drug-likeness (QED) is 0.496. The predicted molar refractivity (Wildman–Crippen MR) is 121 cm³/mol. The molecule has 1 saturated heterocycles. The molecular formula is C22H27FN6O4. The third kappa shape index (κ3) is 4.40. The summed E-state index contributed by atoms with van der Waals surface area (Å²) in [6.45, 7) is 5.10. The van der Waals surface area contributed by atoms with Gasteiger partial charge in [0.05, 0.1) is 13.2 Å². The zero-order valence-electron chi connectivity index (χ0n) is 19.0. The Morgan fingerprint density at radius 2 is 1.73 bits per heavy atom. The normalized spacial score (nSPS) is 14.7. The van der Waals surface area contributed by atoms with Crippen LogP contribution in [0.25, 0.3) is 11.2 Å². The highest BCUT2D eigenvalue weighted by atomic mass is 19.1. The molecule has 11 heteroatoms. The van der Waals surface area contributed by atoms with Crippen LogP contribution in [0.5, 0.6) is 0 Å². The minimum Gasteiger partial charge on any atom is -0.465 e. The highest BCUT2D eigenvalue weighted by Crippen LogP contribution is 2.19. The third-order valence-electron chi connectivity index (χ3n) is 5.95. The first kappa shape index (κ1) is 22.7. The van der Waals surface area contributed by atoms with Crippen LogP contribution in [0.4, 0.5) is 10.1 Å². The summed E-state index contributed by atoms with van der Waals surface area (Å²) in [5.41, 5.74) is 0.425. The van der Waals surface area contributed by atoms with Gasteiger partial charge in [0.1, 0.15) is 18.2 Å². The van der Waals surface area contributed by atoms with Crippen LogP contribution in [0.2, 0.25) is 0 Å². The Balaban J connectivity index is 1.62. The van der Waals surface area contributed by atoms with Crippen LogP contribution in [0.3, 0.4) is 0 Å². The number of aryl methyl sites for hydroxylation is 1. The van der Waals surface area contributed by atoms with Gasteiger partial charge in [0.15, 0.2) is 11.2 Å². The highest BCUT2D eigenvalue weighted by molar-refractivity contribution is 5.76. The van der Waals surface area contributed by atoms with Crippen molar-refractivity contribution >= 4 is 22.8 Å². The number of aromatic nitrogens is 4. The summed E-state index contributed by atoms with van der Waals surface area (Å²) in [6.07, 6.45) is 0. The molecule has 3 heterocycles. The number of hydrogen-bond acceptors (Lipinski definition) is 7. The van der Waals surface area contributed by atoms with E-state index >= 15 is 0 Å². The van der Waals surface area contributed by atoms with E-state index < -0.39 is 17.2 Å². The molecule has 0 bridgehead atoms. The van der Waals surface area contributed by atoms with E-state index in [9.17, 15) is 18.8 Å². The van der Waals surface area contributed by atoms with E-state index in [0.717, 1.165) is 36.4 Å². The van der Waals surface area contributed by atoms with Gasteiger partial charge >= 0.3 is 11.7 Å². The number of imidazole rings is 1. The van der Waals surface area contributed by atoms with Gasteiger partial charge in [-0.3, -0.25) is 23.6 Å². The van der Waals surface area contributed by atoms with Crippen molar-refractivity contribution in [3.05, 3.63) is 56.7 Å². The van der Waals surface area contributed by atoms with E-state index in [1.165, 1.54) is 23.7 Å². The Kier molecular flexibility index (Phi) is 6.32. The average molecular weight is 458 g/mol. The van der Waals surface area contributed by atoms with Gasteiger partial charge in [-0.15, -0.1) is 0 Å². The zero-order chi connectivity index (χ0) is 23.7. The van der Waals surface area contributed by atoms with Crippen molar-refractivity contribution in [2.75, 3.05) is 37.7 Å². The molecule has 0 N–H and O–H groups in total. The lowest BCUT2D eigenvalue weighted by Crippen LogP contribution is -2.46. The number of ether oxygens (including phenoxy) is 1. The molecule has 1 aliphatic rings. The van der Waals surface area contributed by atoms with E-state index in [0.29, 0.717) is 12.4 Å². The predicted octanol–water partition coefficient (Wildman–Crippen LogP) is 0.458. The minimum atomic E-state index is -0.503. The van der Waals surface area contributed by atoms with E-state index in [2.05, 4.69) is 14.8 Å². The summed E-state index contributed by atoms with van der Waals surface area (Å²) in [7, 11) is 2.96. The Hall–Kier alpha value is -3.47. The van der Waals surface area contributed by atoms with Crippen molar-refractivity contribution in [3.63, 3.8) is 0 Å². The van der Waals surface area contributed by atoms with Crippen molar-refractivity contribution in [2.45, 2.75) is 20.0 Å². The van der Waals surface area contributed by atoms with E-state index in [-0.39, 0.29) is 30.1 Å². The van der Waals surface area contributed by atoms with Crippen molar-refractivity contribution < 1.29 is 13.9 Å². The molecule has 1 fully saturated rings. The maximum atomic E-state index is 13.2. The van der Waals surface area contributed by atoms with Crippen LogP contribution in [-0.2, 0) is 36.7 Å². The molecule has 0 aliphatic carbocycles. The molecule has 4 rings (SSSR count). The number of halogens is 1. The molecule has 0 saturated carbocycles. The number of piperazine rings is 1.